The molecule has 1 atom stereocenters. The highest BCUT2D eigenvalue weighted by Gasteiger charge is 2.68. The van der Waals surface area contributed by atoms with Crippen LogP contribution in [0.25, 0.3) is 10.9 Å². The van der Waals surface area contributed by atoms with E-state index >= 15 is 0 Å². The van der Waals surface area contributed by atoms with Gasteiger partial charge >= 0.3 is 0 Å². The van der Waals surface area contributed by atoms with Gasteiger partial charge in [0.05, 0.1) is 11.7 Å². The van der Waals surface area contributed by atoms with Gasteiger partial charge in [0.1, 0.15) is 0 Å². The molecule has 0 bridgehead atoms. The van der Waals surface area contributed by atoms with Crippen molar-refractivity contribution in [2.45, 2.75) is 59.5 Å². The first-order chi connectivity index (χ1) is 12.3. The maximum absolute atomic E-state index is 13.5. The highest BCUT2D eigenvalue weighted by atomic mass is 16.1. The summed E-state index contributed by atoms with van der Waals surface area (Å²) in [6.45, 7) is 10.0. The number of ketones is 1. The van der Waals surface area contributed by atoms with Gasteiger partial charge in [-0.3, -0.25) is 9.69 Å². The maximum atomic E-state index is 13.5. The third kappa shape index (κ3) is 2.47. The summed E-state index contributed by atoms with van der Waals surface area (Å²) in [5.74, 6) is 0.437. The number of carbonyl (C=O) groups excluding carboxylic acids is 1. The van der Waals surface area contributed by atoms with Crippen molar-refractivity contribution in [3.05, 3.63) is 36.0 Å². The molecule has 0 N–H and O–H groups in total. The SMILES string of the molecule is CN1CCCCCC1n1cc(C(=O)C2C(C)(C)C2(C)C)c2ccccc21. The van der Waals surface area contributed by atoms with Crippen molar-refractivity contribution in [3.8, 4) is 0 Å². The molecule has 1 aromatic heterocycles. The second-order valence-electron chi connectivity index (χ2n) is 9.52. The molecule has 4 rings (SSSR count). The van der Waals surface area contributed by atoms with Gasteiger partial charge in [0, 0.05) is 23.1 Å². The summed E-state index contributed by atoms with van der Waals surface area (Å²) < 4.78 is 2.37. The van der Waals surface area contributed by atoms with Crippen LogP contribution in [0.4, 0.5) is 0 Å². The third-order valence-corrected chi connectivity index (χ3v) is 7.59. The lowest BCUT2D eigenvalue weighted by molar-refractivity contribution is 0.0946. The number of aromatic nitrogens is 1. The van der Waals surface area contributed by atoms with Crippen LogP contribution in [0.2, 0.25) is 0 Å². The van der Waals surface area contributed by atoms with Crippen molar-refractivity contribution in [3.63, 3.8) is 0 Å². The predicted octanol–water partition coefficient (Wildman–Crippen LogP) is 5.51. The lowest BCUT2D eigenvalue weighted by Gasteiger charge is -2.28. The first-order valence-corrected chi connectivity index (χ1v) is 10.1. The first-order valence-electron chi connectivity index (χ1n) is 10.1. The van der Waals surface area contributed by atoms with Gasteiger partial charge in [-0.1, -0.05) is 52.3 Å². The van der Waals surface area contributed by atoms with Crippen LogP contribution in [0.1, 0.15) is 69.9 Å². The highest BCUT2D eigenvalue weighted by Crippen LogP contribution is 2.69. The molecule has 2 fully saturated rings. The summed E-state index contributed by atoms with van der Waals surface area (Å²) in [5, 5.41) is 1.12. The number of hydrogen-bond acceptors (Lipinski definition) is 2. The quantitative estimate of drug-likeness (QED) is 0.681. The maximum Gasteiger partial charge on any atom is 0.169 e. The van der Waals surface area contributed by atoms with E-state index in [4.69, 9.17) is 0 Å². The van der Waals surface area contributed by atoms with Crippen LogP contribution < -0.4 is 0 Å². The molecule has 3 heteroatoms. The van der Waals surface area contributed by atoms with Gasteiger partial charge in [0.2, 0.25) is 0 Å². The fraction of sp³-hybridized carbons (Fsp3) is 0.609. The standard InChI is InChI=1S/C23H32N2O/c1-22(2)21(23(22,3)4)20(26)17-15-25(18-12-9-8-11-16(17)18)19-13-7-6-10-14-24(19)5/h8-9,11-12,15,19,21H,6-7,10,13-14H2,1-5H3. The number of nitrogens with zero attached hydrogens (tertiary/aromatic N) is 2. The minimum Gasteiger partial charge on any atom is -0.330 e. The number of Topliss-reactive ketones (excluding diaryl/α,β-unsaturated/α-hetero) is 1. The van der Waals surface area contributed by atoms with E-state index in [2.05, 4.69) is 74.7 Å². The van der Waals surface area contributed by atoms with E-state index in [9.17, 15) is 4.79 Å². The van der Waals surface area contributed by atoms with Gasteiger partial charge in [0.25, 0.3) is 0 Å². The van der Waals surface area contributed by atoms with E-state index in [-0.39, 0.29) is 16.7 Å². The fourth-order valence-electron chi connectivity index (χ4n) is 5.24. The highest BCUT2D eigenvalue weighted by molar-refractivity contribution is 6.11. The molecule has 1 saturated carbocycles. The Kier molecular flexibility index (Phi) is 4.07. The summed E-state index contributed by atoms with van der Waals surface area (Å²) in [4.78, 5) is 15.9. The summed E-state index contributed by atoms with van der Waals surface area (Å²) in [5.41, 5.74) is 2.27. The van der Waals surface area contributed by atoms with Crippen molar-refractivity contribution in [2.75, 3.05) is 13.6 Å². The lowest BCUT2D eigenvalue weighted by atomic mass is 10.0. The zero-order valence-electron chi connectivity index (χ0n) is 16.9. The van der Waals surface area contributed by atoms with Gasteiger partial charge < -0.3 is 4.57 Å². The summed E-state index contributed by atoms with van der Waals surface area (Å²) >= 11 is 0. The Morgan fingerprint density at radius 3 is 2.42 bits per heavy atom. The largest absolute Gasteiger partial charge is 0.330 e. The summed E-state index contributed by atoms with van der Waals surface area (Å²) in [6.07, 6.45) is 7.49. The van der Waals surface area contributed by atoms with Crippen molar-refractivity contribution >= 4 is 16.7 Å². The van der Waals surface area contributed by atoms with Gasteiger partial charge in [-0.15, -0.1) is 0 Å². The first kappa shape index (κ1) is 17.8. The molecule has 0 spiro atoms. The van der Waals surface area contributed by atoms with Crippen LogP contribution in [0.3, 0.4) is 0 Å². The Hall–Kier alpha value is -1.61. The minimum absolute atomic E-state index is 0.0758. The number of benzene rings is 1. The number of likely N-dealkylation sites (tertiary alicyclic amines) is 1. The van der Waals surface area contributed by atoms with E-state index in [1.807, 2.05) is 0 Å². The van der Waals surface area contributed by atoms with Crippen LogP contribution in [0, 0.1) is 16.7 Å². The zero-order chi connectivity index (χ0) is 18.7. The molecule has 1 aliphatic heterocycles. The Morgan fingerprint density at radius 1 is 1.04 bits per heavy atom. The summed E-state index contributed by atoms with van der Waals surface area (Å²) in [7, 11) is 2.22. The second kappa shape index (κ2) is 5.95. The lowest BCUT2D eigenvalue weighted by Crippen LogP contribution is -2.28. The Bertz CT molecular complexity index is 831. The second-order valence-corrected chi connectivity index (χ2v) is 9.52. The molecule has 3 nitrogen and oxygen atoms in total. The molecule has 0 amide bonds. The number of rotatable bonds is 3. The van der Waals surface area contributed by atoms with E-state index in [0.29, 0.717) is 11.9 Å². The molecule has 26 heavy (non-hydrogen) atoms. The molecule has 1 aromatic carbocycles. The molecule has 0 radical (unpaired) electrons. The number of para-hydroxylation sites is 1. The van der Waals surface area contributed by atoms with Crippen LogP contribution in [0.15, 0.2) is 30.5 Å². The van der Waals surface area contributed by atoms with Crippen LogP contribution in [-0.4, -0.2) is 28.8 Å². The van der Waals surface area contributed by atoms with Crippen molar-refractivity contribution < 1.29 is 4.79 Å². The van der Waals surface area contributed by atoms with Crippen LogP contribution >= 0.6 is 0 Å². The van der Waals surface area contributed by atoms with E-state index in [0.717, 1.165) is 23.9 Å². The normalized spacial score (nSPS) is 26.0. The number of carbonyl (C=O) groups is 1. The van der Waals surface area contributed by atoms with E-state index < -0.39 is 0 Å². The van der Waals surface area contributed by atoms with Crippen LogP contribution in [0.5, 0.6) is 0 Å². The molecule has 1 saturated heterocycles. The van der Waals surface area contributed by atoms with Crippen LogP contribution in [-0.2, 0) is 0 Å². The van der Waals surface area contributed by atoms with Gasteiger partial charge in [-0.05, 0) is 49.8 Å². The van der Waals surface area contributed by atoms with E-state index in [1.54, 1.807) is 0 Å². The van der Waals surface area contributed by atoms with Gasteiger partial charge in [0.15, 0.2) is 5.78 Å². The average Bonchev–Trinajstić information content (AvgIpc) is 2.88. The molecule has 1 unspecified atom stereocenters. The summed E-state index contributed by atoms with van der Waals surface area (Å²) in [6, 6.07) is 8.45. The molecular formula is C23H32N2O. The third-order valence-electron chi connectivity index (χ3n) is 7.59. The average molecular weight is 353 g/mol. The topological polar surface area (TPSA) is 25.2 Å². The van der Waals surface area contributed by atoms with Gasteiger partial charge in [-0.25, -0.2) is 0 Å². The Morgan fingerprint density at radius 2 is 1.73 bits per heavy atom. The smallest absolute Gasteiger partial charge is 0.169 e. The Labute approximate surface area is 157 Å². The van der Waals surface area contributed by atoms with Gasteiger partial charge in [-0.2, -0.15) is 0 Å². The molecule has 2 aromatic rings. The number of hydrogen-bond donors (Lipinski definition) is 0. The van der Waals surface area contributed by atoms with Crippen molar-refractivity contribution in [2.24, 2.45) is 16.7 Å². The van der Waals surface area contributed by atoms with Crippen molar-refractivity contribution in [1.82, 2.24) is 9.47 Å². The molecule has 2 aliphatic rings. The zero-order valence-corrected chi connectivity index (χ0v) is 16.9. The monoisotopic (exact) mass is 352 g/mol. The predicted molar refractivity (Wildman–Crippen MR) is 107 cm³/mol. The molecule has 140 valence electrons. The molecule has 2 heterocycles. The molecule has 1 aliphatic carbocycles. The number of fused-ring (bicyclic) bond motifs is 1. The van der Waals surface area contributed by atoms with Crippen molar-refractivity contribution in [1.29, 1.82) is 0 Å². The Balaban J connectivity index is 1.79. The minimum atomic E-state index is 0.0758. The molecular weight excluding hydrogens is 320 g/mol. The fourth-order valence-corrected chi connectivity index (χ4v) is 5.24. The van der Waals surface area contributed by atoms with E-state index in [1.165, 1.54) is 24.8 Å².